The van der Waals surface area contributed by atoms with Crippen LogP contribution in [0.3, 0.4) is 0 Å². The van der Waals surface area contributed by atoms with Crippen LogP contribution < -0.4 is 0 Å². The van der Waals surface area contributed by atoms with Gasteiger partial charge in [-0.1, -0.05) is 0 Å². The summed E-state index contributed by atoms with van der Waals surface area (Å²) in [5.41, 5.74) is 0. The Morgan fingerprint density at radius 1 is 1.67 bits per heavy atom. The van der Waals surface area contributed by atoms with Gasteiger partial charge in [0.2, 0.25) is 0 Å². The zero-order chi connectivity index (χ0) is 10.7. The number of halogens is 1. The van der Waals surface area contributed by atoms with Crippen LogP contribution in [-0.2, 0) is 14.3 Å². The molecule has 2 rings (SSSR count). The van der Waals surface area contributed by atoms with Crippen molar-refractivity contribution in [1.82, 2.24) is 0 Å². The Balaban J connectivity index is 1.59. The molecule has 0 aliphatic carbocycles. The van der Waals surface area contributed by atoms with E-state index < -0.39 is 18.4 Å². The molecule has 2 atom stereocenters. The molecule has 0 aromatic rings. The van der Waals surface area contributed by atoms with Crippen molar-refractivity contribution in [3.05, 3.63) is 12.7 Å². The van der Waals surface area contributed by atoms with Crippen LogP contribution in [0.4, 0.5) is 0 Å². The molecule has 15 heavy (non-hydrogen) atoms. The van der Waals surface area contributed by atoms with E-state index in [1.165, 1.54) is 23.3 Å². The van der Waals surface area contributed by atoms with E-state index in [1.54, 1.807) is 0 Å². The second-order valence-corrected chi connectivity index (χ2v) is 12.9. The second kappa shape index (κ2) is 5.54. The van der Waals surface area contributed by atoms with Crippen molar-refractivity contribution in [2.75, 3.05) is 16.8 Å². The third-order valence-electron chi connectivity index (χ3n) is 2.36. The van der Waals surface area contributed by atoms with Crippen molar-refractivity contribution in [3.8, 4) is 0 Å². The summed E-state index contributed by atoms with van der Waals surface area (Å²) in [6, 6.07) is 0. The van der Waals surface area contributed by atoms with Crippen LogP contribution in [0.5, 0.6) is 0 Å². The molecule has 2 saturated heterocycles. The number of carbonyl (C=O) groups excluding carboxylic acids is 1. The van der Waals surface area contributed by atoms with Crippen LogP contribution in [-0.4, -0.2) is 33.0 Å². The van der Waals surface area contributed by atoms with Crippen LogP contribution in [0, 0.1) is 0 Å². The Labute approximate surface area is 99.8 Å². The normalized spacial score (nSPS) is 30.5. The zero-order valence-electron chi connectivity index (χ0n) is 8.49. The van der Waals surface area contributed by atoms with E-state index in [2.05, 4.69) is 6.58 Å². The molecule has 2 fully saturated rings. The third kappa shape index (κ3) is 3.10. The van der Waals surface area contributed by atoms with Gasteiger partial charge in [-0.3, -0.25) is 0 Å². The molecule has 3 nitrogen and oxygen atoms in total. The van der Waals surface area contributed by atoms with Gasteiger partial charge in [0.25, 0.3) is 0 Å². The van der Waals surface area contributed by atoms with Gasteiger partial charge in [0.1, 0.15) is 0 Å². The van der Waals surface area contributed by atoms with Gasteiger partial charge in [0.15, 0.2) is 0 Å². The topological polar surface area (TPSA) is 35.5 Å². The van der Waals surface area contributed by atoms with Gasteiger partial charge in [-0.05, 0) is 0 Å². The van der Waals surface area contributed by atoms with Gasteiger partial charge >= 0.3 is 100 Å². The molecule has 0 aromatic heterocycles. The number of hydrogen-bond acceptors (Lipinski definition) is 4. The Morgan fingerprint density at radius 3 is 3.13 bits per heavy atom. The average molecular weight is 342 g/mol. The Hall–Kier alpha value is 0.250. The molecule has 0 aromatic carbocycles. The molecule has 2 heterocycles. The molecule has 5 heteroatoms. The predicted octanol–water partition coefficient (Wildman–Crippen LogP) is 2.39. The molecule has 2 aliphatic rings. The summed E-state index contributed by atoms with van der Waals surface area (Å²) in [5.74, 6) is 0.611. The molecule has 0 amide bonds. The molecule has 0 N–H and O–H groups in total. The van der Waals surface area contributed by atoms with E-state index in [1.807, 2.05) is 8.93 Å². The van der Waals surface area contributed by atoms with Crippen molar-refractivity contribution in [1.29, 1.82) is 0 Å². The first-order chi connectivity index (χ1) is 7.29. The van der Waals surface area contributed by atoms with Gasteiger partial charge in [0, 0.05) is 0 Å². The summed E-state index contributed by atoms with van der Waals surface area (Å²) in [7, 11) is 2.02. The fourth-order valence-corrected chi connectivity index (χ4v) is 12.2. The Morgan fingerprint density at radius 2 is 2.53 bits per heavy atom. The monoisotopic (exact) mass is 342 g/mol. The fourth-order valence-electron chi connectivity index (χ4n) is 1.67. The summed E-state index contributed by atoms with van der Waals surface area (Å²) in [4.78, 5) is 10.8. The predicted molar refractivity (Wildman–Crippen MR) is 70.4 cm³/mol. The van der Waals surface area contributed by atoms with Gasteiger partial charge in [-0.25, -0.2) is 0 Å². The molecule has 86 valence electrons. The van der Waals surface area contributed by atoms with E-state index in [0.29, 0.717) is 16.8 Å². The minimum absolute atomic E-state index is 0.316. The number of ether oxygens (including phenoxy) is 2. The van der Waals surface area contributed by atoms with Gasteiger partial charge in [0.05, 0.1) is 0 Å². The van der Waals surface area contributed by atoms with Gasteiger partial charge in [-0.2, -0.15) is 0 Å². The molecule has 2 aliphatic heterocycles. The first-order valence-electron chi connectivity index (χ1n) is 5.02. The second-order valence-electron chi connectivity index (χ2n) is 3.44. The van der Waals surface area contributed by atoms with Gasteiger partial charge < -0.3 is 0 Å². The number of carbonyl (C=O) groups is 1. The standard InChI is InChI=1S/C10H15IO3S/c1-2-10(12)13-5-6-15-11-7-8-3-4-9(11)14-8/h2,8-9H,1,3-7H2. The summed E-state index contributed by atoms with van der Waals surface area (Å²) < 4.78 is 12.7. The molecule has 0 radical (unpaired) electrons. The minimum atomic E-state index is -0.915. The number of fused-ring (bicyclic) bond motifs is 2. The summed E-state index contributed by atoms with van der Waals surface area (Å²) in [5, 5.41) is 0. The van der Waals surface area contributed by atoms with E-state index in [4.69, 9.17) is 9.47 Å². The summed E-state index contributed by atoms with van der Waals surface area (Å²) in [6.45, 7) is 3.87. The van der Waals surface area contributed by atoms with Crippen molar-refractivity contribution >= 4 is 33.3 Å². The van der Waals surface area contributed by atoms with Crippen molar-refractivity contribution in [2.45, 2.75) is 23.1 Å². The SMILES string of the molecule is C=CC(=O)OCCSI1CC2CCC1O2. The zero-order valence-corrected chi connectivity index (χ0v) is 11.5. The van der Waals surface area contributed by atoms with Gasteiger partial charge in [-0.15, -0.1) is 0 Å². The number of hydrogen-bond donors (Lipinski definition) is 0. The first-order valence-corrected chi connectivity index (χ1v) is 11.3. The molecular weight excluding hydrogens is 327 g/mol. The van der Waals surface area contributed by atoms with E-state index >= 15 is 0 Å². The van der Waals surface area contributed by atoms with E-state index in [-0.39, 0.29) is 5.97 Å². The molecule has 2 bridgehead atoms. The van der Waals surface area contributed by atoms with E-state index in [9.17, 15) is 4.79 Å². The number of esters is 1. The Kier molecular flexibility index (Phi) is 4.33. The first kappa shape index (κ1) is 11.7. The molecular formula is C10H15IO3S. The average Bonchev–Trinajstić information content (AvgIpc) is 2.85. The molecule has 0 saturated carbocycles. The maximum absolute atomic E-state index is 10.8. The summed E-state index contributed by atoms with van der Waals surface area (Å²) in [6.07, 6.45) is 4.33. The van der Waals surface area contributed by atoms with Crippen LogP contribution in [0.25, 0.3) is 0 Å². The van der Waals surface area contributed by atoms with Crippen LogP contribution in [0.2, 0.25) is 0 Å². The Bertz CT molecular complexity index is 259. The maximum atomic E-state index is 10.8. The van der Waals surface area contributed by atoms with Crippen LogP contribution in [0.15, 0.2) is 12.7 Å². The summed E-state index contributed by atoms with van der Waals surface area (Å²) >= 11 is -0.915. The number of rotatable bonds is 5. The van der Waals surface area contributed by atoms with Crippen LogP contribution in [0.1, 0.15) is 12.8 Å². The van der Waals surface area contributed by atoms with Crippen LogP contribution >= 0.6 is 27.4 Å². The van der Waals surface area contributed by atoms with Crippen molar-refractivity contribution in [2.24, 2.45) is 0 Å². The molecule has 2 unspecified atom stereocenters. The third-order valence-corrected chi connectivity index (χ3v) is 13.2. The van der Waals surface area contributed by atoms with Crippen molar-refractivity contribution in [3.63, 3.8) is 0 Å². The number of alkyl halides is 2. The molecule has 0 spiro atoms. The van der Waals surface area contributed by atoms with E-state index in [0.717, 1.165) is 5.75 Å². The van der Waals surface area contributed by atoms with Crippen molar-refractivity contribution < 1.29 is 14.3 Å². The fraction of sp³-hybridized carbons (Fsp3) is 0.700. The quantitative estimate of drug-likeness (QED) is 0.253.